The second-order valence-electron chi connectivity index (χ2n) is 3.97. The van der Waals surface area contributed by atoms with E-state index in [1.807, 2.05) is 0 Å². The van der Waals surface area contributed by atoms with Crippen molar-refractivity contribution in [1.82, 2.24) is 9.78 Å². The number of nitrogens with one attached hydrogen (secondary N) is 1. The molecule has 0 radical (unpaired) electrons. The van der Waals surface area contributed by atoms with Crippen LogP contribution in [0.3, 0.4) is 0 Å². The molecule has 0 atom stereocenters. The number of nitrogens with two attached hydrogens (primary N) is 1. The molecule has 0 aliphatic rings. The molecule has 2 rings (SSSR count). The minimum atomic E-state index is -0.495. The molecule has 0 fully saturated rings. The highest BCUT2D eigenvalue weighted by molar-refractivity contribution is 6.04. The summed E-state index contributed by atoms with van der Waals surface area (Å²) in [5, 5.41) is 6.54. The molecular formula is C12H13FN4O. The molecule has 3 N–H and O–H groups in total. The van der Waals surface area contributed by atoms with Crippen LogP contribution in [0, 0.1) is 12.7 Å². The molecule has 0 aliphatic heterocycles. The molecule has 6 heteroatoms. The van der Waals surface area contributed by atoms with Gasteiger partial charge < -0.3 is 11.1 Å². The number of halogens is 1. The predicted octanol–water partition coefficient (Wildman–Crippen LogP) is 1.70. The Morgan fingerprint density at radius 2 is 2.22 bits per heavy atom. The van der Waals surface area contributed by atoms with E-state index in [0.29, 0.717) is 11.4 Å². The Labute approximate surface area is 103 Å². The van der Waals surface area contributed by atoms with E-state index in [2.05, 4.69) is 10.4 Å². The number of hydrogen-bond acceptors (Lipinski definition) is 3. The zero-order chi connectivity index (χ0) is 13.3. The summed E-state index contributed by atoms with van der Waals surface area (Å²) in [6.07, 6.45) is 1.56. The zero-order valence-electron chi connectivity index (χ0n) is 10.1. The number of aromatic nitrogens is 2. The van der Waals surface area contributed by atoms with E-state index in [1.165, 1.54) is 10.7 Å². The number of hydrogen-bond donors (Lipinski definition) is 2. The predicted molar refractivity (Wildman–Crippen MR) is 66.7 cm³/mol. The summed E-state index contributed by atoms with van der Waals surface area (Å²) in [5.74, 6) is -0.395. The van der Waals surface area contributed by atoms with Gasteiger partial charge in [0.15, 0.2) is 0 Å². The summed E-state index contributed by atoms with van der Waals surface area (Å²) in [7, 11) is 1.69. The molecule has 0 saturated heterocycles. The van der Waals surface area contributed by atoms with E-state index < -0.39 is 11.7 Å². The quantitative estimate of drug-likeness (QED) is 0.794. The van der Waals surface area contributed by atoms with Crippen LogP contribution < -0.4 is 11.1 Å². The monoisotopic (exact) mass is 248 g/mol. The lowest BCUT2D eigenvalue weighted by atomic mass is 10.1. The third kappa shape index (κ3) is 2.17. The van der Waals surface area contributed by atoms with Crippen LogP contribution in [0.25, 0.3) is 0 Å². The maximum absolute atomic E-state index is 13.5. The first kappa shape index (κ1) is 12.1. The summed E-state index contributed by atoms with van der Waals surface area (Å²) in [4.78, 5) is 11.9. The Morgan fingerprint density at radius 1 is 1.50 bits per heavy atom. The molecule has 0 bridgehead atoms. The van der Waals surface area contributed by atoms with Crippen LogP contribution in [0.2, 0.25) is 0 Å². The molecule has 1 heterocycles. The van der Waals surface area contributed by atoms with Crippen LogP contribution in [-0.4, -0.2) is 15.7 Å². The number of anilines is 2. The minimum absolute atomic E-state index is 0.178. The maximum Gasteiger partial charge on any atom is 0.256 e. The molecule has 94 valence electrons. The van der Waals surface area contributed by atoms with Gasteiger partial charge in [0.2, 0.25) is 0 Å². The number of aryl methyl sites for hydroxylation is 1. The second kappa shape index (κ2) is 4.48. The number of carbonyl (C=O) groups excluding carboxylic acids is 1. The van der Waals surface area contributed by atoms with E-state index in [-0.39, 0.29) is 11.3 Å². The molecule has 1 amide bonds. The van der Waals surface area contributed by atoms with Crippen LogP contribution in [0.4, 0.5) is 15.9 Å². The fourth-order valence-electron chi connectivity index (χ4n) is 1.52. The SMILES string of the molecule is Cc1c(N)cc(C(=O)Nc2ccnn2C)cc1F. The topological polar surface area (TPSA) is 72.9 Å². The highest BCUT2D eigenvalue weighted by atomic mass is 19.1. The van der Waals surface area contributed by atoms with Gasteiger partial charge in [0.05, 0.1) is 6.20 Å². The van der Waals surface area contributed by atoms with Crippen LogP contribution in [0.1, 0.15) is 15.9 Å². The standard InChI is InChI=1S/C12H13FN4O/c1-7-9(13)5-8(6-10(7)14)12(18)16-11-3-4-15-17(11)2/h3-6H,14H2,1-2H3,(H,16,18). The molecule has 18 heavy (non-hydrogen) atoms. The van der Waals surface area contributed by atoms with Gasteiger partial charge in [-0.3, -0.25) is 9.48 Å². The first-order valence-corrected chi connectivity index (χ1v) is 5.34. The average Bonchev–Trinajstić information content (AvgIpc) is 2.71. The molecule has 1 aromatic carbocycles. The number of carbonyl (C=O) groups is 1. The Kier molecular flexibility index (Phi) is 3.01. The van der Waals surface area contributed by atoms with E-state index in [1.54, 1.807) is 26.2 Å². The second-order valence-corrected chi connectivity index (χ2v) is 3.97. The Hall–Kier alpha value is -2.37. The number of nitrogens with zero attached hydrogens (tertiary/aromatic N) is 2. The summed E-state index contributed by atoms with van der Waals surface area (Å²) in [6, 6.07) is 4.26. The zero-order valence-corrected chi connectivity index (χ0v) is 10.1. The summed E-state index contributed by atoms with van der Waals surface area (Å²) in [6.45, 7) is 1.56. The number of amides is 1. The highest BCUT2D eigenvalue weighted by Gasteiger charge is 2.12. The lowest BCUT2D eigenvalue weighted by Crippen LogP contribution is -2.15. The lowest BCUT2D eigenvalue weighted by molar-refractivity contribution is 0.102. The van der Waals surface area contributed by atoms with Gasteiger partial charge in [-0.25, -0.2) is 4.39 Å². The minimum Gasteiger partial charge on any atom is -0.398 e. The highest BCUT2D eigenvalue weighted by Crippen LogP contribution is 2.18. The first-order valence-electron chi connectivity index (χ1n) is 5.34. The summed E-state index contributed by atoms with van der Waals surface area (Å²) >= 11 is 0. The normalized spacial score (nSPS) is 10.4. The van der Waals surface area contributed by atoms with Gasteiger partial charge in [0, 0.05) is 29.9 Å². The van der Waals surface area contributed by atoms with Crippen LogP contribution in [0.15, 0.2) is 24.4 Å². The van der Waals surface area contributed by atoms with Crippen LogP contribution in [-0.2, 0) is 7.05 Å². The van der Waals surface area contributed by atoms with Gasteiger partial charge in [-0.2, -0.15) is 5.10 Å². The summed E-state index contributed by atoms with van der Waals surface area (Å²) < 4.78 is 15.0. The third-order valence-corrected chi connectivity index (χ3v) is 2.71. The molecule has 0 spiro atoms. The van der Waals surface area contributed by atoms with Crippen molar-refractivity contribution in [1.29, 1.82) is 0 Å². The average molecular weight is 248 g/mol. The molecule has 0 unspecified atom stereocenters. The van der Waals surface area contributed by atoms with E-state index in [0.717, 1.165) is 6.07 Å². The van der Waals surface area contributed by atoms with Gasteiger partial charge in [0.1, 0.15) is 11.6 Å². The third-order valence-electron chi connectivity index (χ3n) is 2.71. The fraction of sp³-hybridized carbons (Fsp3) is 0.167. The molecule has 1 aromatic heterocycles. The lowest BCUT2D eigenvalue weighted by Gasteiger charge is -2.08. The smallest absolute Gasteiger partial charge is 0.256 e. The van der Waals surface area contributed by atoms with E-state index >= 15 is 0 Å². The van der Waals surface area contributed by atoms with Gasteiger partial charge in [-0.05, 0) is 19.1 Å². The Balaban J connectivity index is 2.27. The molecule has 2 aromatic rings. The largest absolute Gasteiger partial charge is 0.398 e. The molecule has 5 nitrogen and oxygen atoms in total. The number of rotatable bonds is 2. The van der Waals surface area contributed by atoms with Crippen molar-refractivity contribution in [2.45, 2.75) is 6.92 Å². The Bertz CT molecular complexity index is 583. The molecular weight excluding hydrogens is 235 g/mol. The van der Waals surface area contributed by atoms with Gasteiger partial charge >= 0.3 is 0 Å². The van der Waals surface area contributed by atoms with E-state index in [9.17, 15) is 9.18 Å². The number of nitrogen functional groups attached to an aromatic ring is 1. The van der Waals surface area contributed by atoms with Crippen LogP contribution in [0.5, 0.6) is 0 Å². The van der Waals surface area contributed by atoms with Crippen molar-refractivity contribution in [3.05, 3.63) is 41.3 Å². The molecule has 0 aliphatic carbocycles. The van der Waals surface area contributed by atoms with Crippen molar-refractivity contribution in [3.63, 3.8) is 0 Å². The van der Waals surface area contributed by atoms with Gasteiger partial charge in [-0.15, -0.1) is 0 Å². The van der Waals surface area contributed by atoms with Crippen molar-refractivity contribution in [3.8, 4) is 0 Å². The Morgan fingerprint density at radius 3 is 2.78 bits per heavy atom. The number of benzene rings is 1. The van der Waals surface area contributed by atoms with Crippen molar-refractivity contribution in [2.75, 3.05) is 11.1 Å². The maximum atomic E-state index is 13.5. The van der Waals surface area contributed by atoms with Gasteiger partial charge in [0.25, 0.3) is 5.91 Å². The summed E-state index contributed by atoms with van der Waals surface area (Å²) in [5.41, 5.74) is 6.40. The fourth-order valence-corrected chi connectivity index (χ4v) is 1.52. The van der Waals surface area contributed by atoms with Crippen molar-refractivity contribution >= 4 is 17.4 Å². The van der Waals surface area contributed by atoms with Crippen LogP contribution >= 0.6 is 0 Å². The van der Waals surface area contributed by atoms with Gasteiger partial charge in [-0.1, -0.05) is 0 Å². The van der Waals surface area contributed by atoms with Crippen molar-refractivity contribution < 1.29 is 9.18 Å². The first-order chi connectivity index (χ1) is 8.49. The molecule has 0 saturated carbocycles. The van der Waals surface area contributed by atoms with E-state index in [4.69, 9.17) is 5.73 Å². The van der Waals surface area contributed by atoms with Crippen molar-refractivity contribution in [2.24, 2.45) is 7.05 Å².